The van der Waals surface area contributed by atoms with Gasteiger partial charge in [0.1, 0.15) is 0 Å². The van der Waals surface area contributed by atoms with E-state index in [1.54, 1.807) is 29.2 Å². The zero-order valence-electron chi connectivity index (χ0n) is 16.6. The van der Waals surface area contributed by atoms with Gasteiger partial charge in [-0.25, -0.2) is 0 Å². The number of nitrogens with one attached hydrogen (secondary N) is 2. The Morgan fingerprint density at radius 3 is 2.33 bits per heavy atom. The molecule has 0 bridgehead atoms. The summed E-state index contributed by atoms with van der Waals surface area (Å²) in [4.78, 5) is 40.4. The van der Waals surface area contributed by atoms with Crippen LogP contribution in [0.2, 0.25) is 5.02 Å². The quantitative estimate of drug-likeness (QED) is 0.700. The third kappa shape index (κ3) is 6.57. The maximum absolute atomic E-state index is 12.4. The van der Waals surface area contributed by atoms with Crippen molar-refractivity contribution < 1.29 is 14.4 Å². The molecular formula is C22H25ClN4O3. The van der Waals surface area contributed by atoms with Crippen LogP contribution in [0.1, 0.15) is 15.9 Å². The number of benzene rings is 2. The molecule has 158 valence electrons. The second-order valence-corrected chi connectivity index (χ2v) is 7.55. The highest BCUT2D eigenvalue weighted by atomic mass is 35.5. The third-order valence-electron chi connectivity index (χ3n) is 4.91. The molecular weight excluding hydrogens is 404 g/mol. The number of hydrogen-bond donors (Lipinski definition) is 2. The molecule has 0 unspecified atom stereocenters. The summed E-state index contributed by atoms with van der Waals surface area (Å²) in [5.41, 5.74) is 1.47. The van der Waals surface area contributed by atoms with Crippen molar-refractivity contribution in [3.05, 3.63) is 70.7 Å². The first-order chi connectivity index (χ1) is 14.5. The Hall–Kier alpha value is -2.90. The van der Waals surface area contributed by atoms with Crippen molar-refractivity contribution in [1.29, 1.82) is 0 Å². The highest BCUT2D eigenvalue weighted by Gasteiger charge is 2.22. The van der Waals surface area contributed by atoms with E-state index in [1.165, 1.54) is 0 Å². The Morgan fingerprint density at radius 2 is 1.63 bits per heavy atom. The summed E-state index contributed by atoms with van der Waals surface area (Å²) in [7, 11) is 0. The van der Waals surface area contributed by atoms with Crippen LogP contribution < -0.4 is 10.6 Å². The van der Waals surface area contributed by atoms with E-state index in [0.29, 0.717) is 49.9 Å². The van der Waals surface area contributed by atoms with Crippen LogP contribution in [-0.4, -0.2) is 66.8 Å². The second-order valence-electron chi connectivity index (χ2n) is 7.11. The van der Waals surface area contributed by atoms with E-state index in [2.05, 4.69) is 10.6 Å². The molecule has 1 fully saturated rings. The fraction of sp³-hybridized carbons (Fsp3) is 0.318. The van der Waals surface area contributed by atoms with Gasteiger partial charge in [-0.05, 0) is 23.8 Å². The van der Waals surface area contributed by atoms with Gasteiger partial charge in [0.15, 0.2) is 0 Å². The Morgan fingerprint density at radius 1 is 0.900 bits per heavy atom. The summed E-state index contributed by atoms with van der Waals surface area (Å²) in [5.74, 6) is -0.509. The van der Waals surface area contributed by atoms with Crippen LogP contribution in [0.15, 0.2) is 54.6 Å². The second kappa shape index (κ2) is 10.8. The minimum Gasteiger partial charge on any atom is -0.351 e. The predicted molar refractivity (Wildman–Crippen MR) is 115 cm³/mol. The molecule has 7 nitrogen and oxygen atoms in total. The molecule has 1 heterocycles. The lowest BCUT2D eigenvalue weighted by atomic mass is 10.2. The van der Waals surface area contributed by atoms with E-state index >= 15 is 0 Å². The molecule has 0 atom stereocenters. The highest BCUT2D eigenvalue weighted by molar-refractivity contribution is 6.30. The van der Waals surface area contributed by atoms with Gasteiger partial charge in [-0.2, -0.15) is 0 Å². The summed E-state index contributed by atoms with van der Waals surface area (Å²) in [6.07, 6.45) is 0. The average Bonchev–Trinajstić information content (AvgIpc) is 2.77. The van der Waals surface area contributed by atoms with Crippen molar-refractivity contribution in [1.82, 2.24) is 20.4 Å². The van der Waals surface area contributed by atoms with E-state index in [-0.39, 0.29) is 24.3 Å². The van der Waals surface area contributed by atoms with Crippen LogP contribution in [0.3, 0.4) is 0 Å². The number of nitrogens with zero attached hydrogens (tertiary/aromatic N) is 2. The minimum absolute atomic E-state index is 0.0348. The Balaban J connectivity index is 1.35. The van der Waals surface area contributed by atoms with Crippen molar-refractivity contribution in [3.63, 3.8) is 0 Å². The van der Waals surface area contributed by atoms with Crippen LogP contribution in [0.5, 0.6) is 0 Å². The fourth-order valence-electron chi connectivity index (χ4n) is 3.21. The molecule has 30 heavy (non-hydrogen) atoms. The van der Waals surface area contributed by atoms with E-state index < -0.39 is 0 Å². The monoisotopic (exact) mass is 428 g/mol. The van der Waals surface area contributed by atoms with Gasteiger partial charge in [0.05, 0.1) is 13.1 Å². The molecule has 0 radical (unpaired) electrons. The Bertz CT molecular complexity index is 883. The molecule has 3 amide bonds. The number of halogens is 1. The van der Waals surface area contributed by atoms with Crippen molar-refractivity contribution in [2.24, 2.45) is 0 Å². The standard InChI is InChI=1S/C22H25ClN4O3/c23-19-8-4-7-18(13-19)22(30)25-15-21(29)27-11-9-26(10-12-27)16-20(28)24-14-17-5-2-1-3-6-17/h1-8,13H,9-12,14-16H2,(H,24,28)(H,25,30). The molecule has 0 aromatic heterocycles. The van der Waals surface area contributed by atoms with Crippen molar-refractivity contribution in [3.8, 4) is 0 Å². The van der Waals surface area contributed by atoms with Gasteiger partial charge < -0.3 is 15.5 Å². The van der Waals surface area contributed by atoms with E-state index in [4.69, 9.17) is 11.6 Å². The normalized spacial score (nSPS) is 14.2. The number of carbonyl (C=O) groups is 3. The molecule has 2 aromatic carbocycles. The lowest BCUT2D eigenvalue weighted by molar-refractivity contribution is -0.132. The summed E-state index contributed by atoms with van der Waals surface area (Å²) in [5, 5.41) is 6.02. The molecule has 3 rings (SSSR count). The minimum atomic E-state index is -0.334. The van der Waals surface area contributed by atoms with Crippen LogP contribution in [0.4, 0.5) is 0 Å². The third-order valence-corrected chi connectivity index (χ3v) is 5.15. The highest BCUT2D eigenvalue weighted by Crippen LogP contribution is 2.10. The summed E-state index contributed by atoms with van der Waals surface area (Å²) in [6, 6.07) is 16.3. The molecule has 1 aliphatic rings. The lowest BCUT2D eigenvalue weighted by Crippen LogP contribution is -2.52. The topological polar surface area (TPSA) is 81.8 Å². The van der Waals surface area contributed by atoms with Gasteiger partial charge in [0.25, 0.3) is 5.91 Å². The van der Waals surface area contributed by atoms with Crippen molar-refractivity contribution in [2.45, 2.75) is 6.54 Å². The van der Waals surface area contributed by atoms with Crippen LogP contribution in [0.25, 0.3) is 0 Å². The molecule has 0 aliphatic carbocycles. The zero-order chi connectivity index (χ0) is 21.3. The van der Waals surface area contributed by atoms with Crippen molar-refractivity contribution in [2.75, 3.05) is 39.3 Å². The van der Waals surface area contributed by atoms with E-state index in [0.717, 1.165) is 5.56 Å². The van der Waals surface area contributed by atoms with Gasteiger partial charge in [-0.15, -0.1) is 0 Å². The number of carbonyl (C=O) groups excluding carboxylic acids is 3. The average molecular weight is 429 g/mol. The fourth-order valence-corrected chi connectivity index (χ4v) is 3.40. The van der Waals surface area contributed by atoms with Crippen LogP contribution >= 0.6 is 11.6 Å². The van der Waals surface area contributed by atoms with E-state index in [9.17, 15) is 14.4 Å². The van der Waals surface area contributed by atoms with Gasteiger partial charge in [0, 0.05) is 43.3 Å². The number of hydrogen-bond acceptors (Lipinski definition) is 4. The smallest absolute Gasteiger partial charge is 0.251 e. The van der Waals surface area contributed by atoms with Gasteiger partial charge in [-0.3, -0.25) is 19.3 Å². The van der Waals surface area contributed by atoms with E-state index in [1.807, 2.05) is 35.2 Å². The first-order valence-electron chi connectivity index (χ1n) is 9.86. The maximum Gasteiger partial charge on any atom is 0.251 e. The molecule has 1 aliphatic heterocycles. The predicted octanol–water partition coefficient (Wildman–Crippen LogP) is 1.53. The zero-order valence-corrected chi connectivity index (χ0v) is 17.4. The first kappa shape index (κ1) is 21.8. The number of amides is 3. The van der Waals surface area contributed by atoms with Gasteiger partial charge in [-0.1, -0.05) is 48.0 Å². The van der Waals surface area contributed by atoms with Crippen molar-refractivity contribution >= 4 is 29.3 Å². The number of rotatable bonds is 7. The Labute approximate surface area is 181 Å². The molecule has 2 N–H and O–H groups in total. The first-order valence-corrected chi connectivity index (χ1v) is 10.2. The number of piperazine rings is 1. The summed E-state index contributed by atoms with van der Waals surface area (Å²) in [6.45, 7) is 3.03. The summed E-state index contributed by atoms with van der Waals surface area (Å²) < 4.78 is 0. The molecule has 2 aromatic rings. The molecule has 0 spiro atoms. The molecule has 8 heteroatoms. The van der Waals surface area contributed by atoms with Crippen LogP contribution in [-0.2, 0) is 16.1 Å². The SMILES string of the molecule is O=C(CN1CCN(C(=O)CNC(=O)c2cccc(Cl)c2)CC1)NCc1ccccc1. The van der Waals surface area contributed by atoms with Crippen LogP contribution in [0, 0.1) is 0 Å². The van der Waals surface area contributed by atoms with Gasteiger partial charge in [0.2, 0.25) is 11.8 Å². The lowest BCUT2D eigenvalue weighted by Gasteiger charge is -2.34. The molecule has 0 saturated carbocycles. The molecule has 1 saturated heterocycles. The Kier molecular flexibility index (Phi) is 7.82. The summed E-state index contributed by atoms with van der Waals surface area (Å²) >= 11 is 5.89. The maximum atomic E-state index is 12.4. The largest absolute Gasteiger partial charge is 0.351 e. The van der Waals surface area contributed by atoms with Gasteiger partial charge >= 0.3 is 0 Å².